The second-order valence-electron chi connectivity index (χ2n) is 3.56. The fourth-order valence-corrected chi connectivity index (χ4v) is 1.69. The quantitative estimate of drug-likeness (QED) is 0.593. The van der Waals surface area contributed by atoms with Gasteiger partial charge in [-0.05, 0) is 5.92 Å². The third-order valence-corrected chi connectivity index (χ3v) is 2.57. The molecule has 0 amide bonds. The van der Waals surface area contributed by atoms with Crippen molar-refractivity contribution in [1.29, 1.82) is 0 Å². The standard InChI is InChI=1S/C10H17N3OS/c1-8(2)7-14-5-6-15-10-9(11)12-3-4-13-10/h3-4,8H,5-7H2,1-2H3,(H2,11,12). The van der Waals surface area contributed by atoms with Gasteiger partial charge in [-0.2, -0.15) is 0 Å². The molecule has 0 aliphatic carbocycles. The molecule has 0 bridgehead atoms. The Hall–Kier alpha value is -0.810. The molecule has 0 unspecified atom stereocenters. The number of nitrogens with zero attached hydrogens (tertiary/aromatic N) is 2. The molecule has 2 N–H and O–H groups in total. The molecule has 0 radical (unpaired) electrons. The van der Waals surface area contributed by atoms with Gasteiger partial charge in [0.15, 0.2) is 5.82 Å². The molecule has 0 spiro atoms. The number of rotatable bonds is 6. The summed E-state index contributed by atoms with van der Waals surface area (Å²) in [6.07, 6.45) is 3.24. The summed E-state index contributed by atoms with van der Waals surface area (Å²) < 4.78 is 5.45. The molecule has 1 aromatic heterocycles. The average molecular weight is 227 g/mol. The van der Waals surface area contributed by atoms with E-state index in [2.05, 4.69) is 23.8 Å². The maximum absolute atomic E-state index is 5.65. The summed E-state index contributed by atoms with van der Waals surface area (Å²) >= 11 is 1.58. The van der Waals surface area contributed by atoms with Gasteiger partial charge in [-0.25, -0.2) is 9.97 Å². The van der Waals surface area contributed by atoms with Crippen LogP contribution in [0, 0.1) is 5.92 Å². The summed E-state index contributed by atoms with van der Waals surface area (Å²) in [5.41, 5.74) is 5.65. The number of nitrogen functional groups attached to an aromatic ring is 1. The van der Waals surface area contributed by atoms with Crippen LogP contribution >= 0.6 is 11.8 Å². The van der Waals surface area contributed by atoms with E-state index in [0.717, 1.165) is 24.0 Å². The molecule has 0 saturated heterocycles. The molecule has 5 heteroatoms. The first-order chi connectivity index (χ1) is 7.20. The molecule has 15 heavy (non-hydrogen) atoms. The van der Waals surface area contributed by atoms with E-state index < -0.39 is 0 Å². The predicted octanol–water partition coefficient (Wildman–Crippen LogP) is 1.82. The van der Waals surface area contributed by atoms with Gasteiger partial charge in [0, 0.05) is 24.8 Å². The SMILES string of the molecule is CC(C)COCCSc1nccnc1N. The second-order valence-corrected chi connectivity index (χ2v) is 4.65. The topological polar surface area (TPSA) is 61.0 Å². The Morgan fingerprint density at radius 1 is 1.40 bits per heavy atom. The Bertz CT molecular complexity index is 294. The first-order valence-electron chi connectivity index (χ1n) is 4.97. The Kier molecular flexibility index (Phi) is 5.42. The van der Waals surface area contributed by atoms with Crippen molar-refractivity contribution in [2.75, 3.05) is 24.7 Å². The smallest absolute Gasteiger partial charge is 0.156 e. The molecule has 1 rings (SSSR count). The summed E-state index contributed by atoms with van der Waals surface area (Å²) in [4.78, 5) is 8.09. The molecular weight excluding hydrogens is 210 g/mol. The zero-order valence-electron chi connectivity index (χ0n) is 9.14. The van der Waals surface area contributed by atoms with Crippen molar-refractivity contribution >= 4 is 17.6 Å². The van der Waals surface area contributed by atoms with Crippen molar-refractivity contribution in [1.82, 2.24) is 9.97 Å². The summed E-state index contributed by atoms with van der Waals surface area (Å²) in [5, 5.41) is 0.783. The van der Waals surface area contributed by atoms with Gasteiger partial charge in [0.2, 0.25) is 0 Å². The first kappa shape index (κ1) is 12.3. The van der Waals surface area contributed by atoms with Gasteiger partial charge in [-0.15, -0.1) is 11.8 Å². The third kappa shape index (κ3) is 4.99. The first-order valence-corrected chi connectivity index (χ1v) is 5.95. The van der Waals surface area contributed by atoms with Crippen molar-refractivity contribution < 1.29 is 4.74 Å². The molecule has 0 aliphatic rings. The van der Waals surface area contributed by atoms with Crippen molar-refractivity contribution in [3.05, 3.63) is 12.4 Å². The van der Waals surface area contributed by atoms with E-state index in [4.69, 9.17) is 10.5 Å². The lowest BCUT2D eigenvalue weighted by molar-refractivity contribution is 0.124. The van der Waals surface area contributed by atoms with E-state index in [1.54, 1.807) is 24.2 Å². The summed E-state index contributed by atoms with van der Waals surface area (Å²) in [6.45, 7) is 5.79. The molecule has 0 atom stereocenters. The Balaban J connectivity index is 2.18. The minimum Gasteiger partial charge on any atom is -0.381 e. The molecule has 0 saturated carbocycles. The minimum absolute atomic E-state index is 0.492. The number of ether oxygens (including phenoxy) is 1. The fourth-order valence-electron chi connectivity index (χ4n) is 0.964. The van der Waals surface area contributed by atoms with Crippen LogP contribution in [0.25, 0.3) is 0 Å². The van der Waals surface area contributed by atoms with Crippen LogP contribution in [0.2, 0.25) is 0 Å². The van der Waals surface area contributed by atoms with Gasteiger partial charge in [-0.1, -0.05) is 13.8 Å². The number of anilines is 1. The van der Waals surface area contributed by atoms with Gasteiger partial charge in [-0.3, -0.25) is 0 Å². The molecule has 0 fully saturated rings. The Labute approximate surface area is 94.6 Å². The average Bonchev–Trinajstić information content (AvgIpc) is 2.20. The Morgan fingerprint density at radius 3 is 2.80 bits per heavy atom. The van der Waals surface area contributed by atoms with Crippen molar-refractivity contribution in [2.45, 2.75) is 18.9 Å². The number of thioether (sulfide) groups is 1. The number of aromatic nitrogens is 2. The van der Waals surface area contributed by atoms with Crippen LogP contribution in [-0.2, 0) is 4.74 Å². The van der Waals surface area contributed by atoms with Crippen LogP contribution in [0.15, 0.2) is 17.4 Å². The van der Waals surface area contributed by atoms with Crippen molar-refractivity contribution in [2.24, 2.45) is 5.92 Å². The van der Waals surface area contributed by atoms with E-state index in [1.165, 1.54) is 0 Å². The Morgan fingerprint density at radius 2 is 2.13 bits per heavy atom. The normalized spacial score (nSPS) is 10.9. The lowest BCUT2D eigenvalue weighted by atomic mass is 10.2. The zero-order valence-corrected chi connectivity index (χ0v) is 9.96. The number of hydrogen-bond acceptors (Lipinski definition) is 5. The van der Waals surface area contributed by atoms with Gasteiger partial charge < -0.3 is 10.5 Å². The highest BCUT2D eigenvalue weighted by molar-refractivity contribution is 7.99. The second kappa shape index (κ2) is 6.63. The molecule has 1 heterocycles. The predicted molar refractivity (Wildman–Crippen MR) is 62.8 cm³/mol. The number of hydrogen-bond donors (Lipinski definition) is 1. The van der Waals surface area contributed by atoms with Crippen LogP contribution in [0.1, 0.15) is 13.8 Å². The summed E-state index contributed by atoms with van der Waals surface area (Å²) in [5.74, 6) is 1.93. The molecule has 4 nitrogen and oxygen atoms in total. The van der Waals surface area contributed by atoms with Crippen LogP contribution < -0.4 is 5.73 Å². The highest BCUT2D eigenvalue weighted by Gasteiger charge is 2.01. The van der Waals surface area contributed by atoms with E-state index in [0.29, 0.717) is 11.7 Å². The molecule has 84 valence electrons. The lowest BCUT2D eigenvalue weighted by Gasteiger charge is -2.06. The molecule has 0 aromatic carbocycles. The lowest BCUT2D eigenvalue weighted by Crippen LogP contribution is -2.05. The van der Waals surface area contributed by atoms with Crippen LogP contribution in [0.5, 0.6) is 0 Å². The summed E-state index contributed by atoms with van der Waals surface area (Å²) in [6, 6.07) is 0. The highest BCUT2D eigenvalue weighted by atomic mass is 32.2. The fraction of sp³-hybridized carbons (Fsp3) is 0.600. The molecule has 0 aliphatic heterocycles. The molecule has 1 aromatic rings. The van der Waals surface area contributed by atoms with E-state index in [-0.39, 0.29) is 0 Å². The number of nitrogens with two attached hydrogens (primary N) is 1. The van der Waals surface area contributed by atoms with E-state index >= 15 is 0 Å². The van der Waals surface area contributed by atoms with Gasteiger partial charge in [0.1, 0.15) is 5.03 Å². The highest BCUT2D eigenvalue weighted by Crippen LogP contribution is 2.18. The van der Waals surface area contributed by atoms with E-state index in [9.17, 15) is 0 Å². The van der Waals surface area contributed by atoms with Crippen molar-refractivity contribution in [3.8, 4) is 0 Å². The van der Waals surface area contributed by atoms with Crippen LogP contribution in [-0.4, -0.2) is 28.9 Å². The third-order valence-electron chi connectivity index (χ3n) is 1.61. The van der Waals surface area contributed by atoms with Crippen molar-refractivity contribution in [3.63, 3.8) is 0 Å². The van der Waals surface area contributed by atoms with Crippen LogP contribution in [0.3, 0.4) is 0 Å². The summed E-state index contributed by atoms with van der Waals surface area (Å²) in [7, 11) is 0. The van der Waals surface area contributed by atoms with Crippen LogP contribution in [0.4, 0.5) is 5.82 Å². The van der Waals surface area contributed by atoms with Gasteiger partial charge in [0.25, 0.3) is 0 Å². The minimum atomic E-state index is 0.492. The molecular formula is C10H17N3OS. The maximum Gasteiger partial charge on any atom is 0.156 e. The van der Waals surface area contributed by atoms with Gasteiger partial charge in [0.05, 0.1) is 6.61 Å². The maximum atomic E-state index is 5.65. The van der Waals surface area contributed by atoms with Gasteiger partial charge >= 0.3 is 0 Å². The monoisotopic (exact) mass is 227 g/mol. The largest absolute Gasteiger partial charge is 0.381 e. The van der Waals surface area contributed by atoms with E-state index in [1.807, 2.05) is 0 Å². The zero-order chi connectivity index (χ0) is 11.1.